The van der Waals surface area contributed by atoms with Crippen molar-refractivity contribution in [3.8, 4) is 0 Å². The molecule has 2 nitrogen and oxygen atoms in total. The summed E-state index contributed by atoms with van der Waals surface area (Å²) in [6, 6.07) is 0. The van der Waals surface area contributed by atoms with Crippen molar-refractivity contribution in [2.75, 3.05) is 19.8 Å². The lowest BCUT2D eigenvalue weighted by atomic mass is 10.1. The van der Waals surface area contributed by atoms with Gasteiger partial charge in [-0.05, 0) is 19.3 Å². The fourth-order valence-electron chi connectivity index (χ4n) is 5.08. The average Bonchev–Trinajstić information content (AvgIpc) is 2.93. The third-order valence-electron chi connectivity index (χ3n) is 7.80. The van der Waals surface area contributed by atoms with E-state index in [2.05, 4.69) is 20.8 Å². The van der Waals surface area contributed by atoms with Gasteiger partial charge in [0.05, 0.1) is 0 Å². The molecule has 0 saturated carbocycles. The topological polar surface area (TPSA) is 29.5 Å². The first kappa shape index (κ1) is 40.1. The highest BCUT2D eigenvalue weighted by atomic mass is 16.5. The summed E-state index contributed by atoms with van der Waals surface area (Å²) in [7, 11) is 0. The Hall–Kier alpha value is -0.0800. The maximum Gasteiger partial charge on any atom is 0.0466 e. The summed E-state index contributed by atoms with van der Waals surface area (Å²) < 4.78 is 5.78. The average molecular weight is 541 g/mol. The van der Waals surface area contributed by atoms with E-state index in [1.54, 1.807) is 0 Å². The van der Waals surface area contributed by atoms with Gasteiger partial charge < -0.3 is 9.84 Å². The van der Waals surface area contributed by atoms with Crippen LogP contribution < -0.4 is 0 Å². The van der Waals surface area contributed by atoms with E-state index in [4.69, 9.17) is 9.84 Å². The van der Waals surface area contributed by atoms with Gasteiger partial charge in [0.2, 0.25) is 0 Å². The van der Waals surface area contributed by atoms with E-state index in [0.717, 1.165) is 19.6 Å². The molecule has 0 aliphatic carbocycles. The molecule has 0 bridgehead atoms. The van der Waals surface area contributed by atoms with E-state index in [-0.39, 0.29) is 0 Å². The molecule has 0 aromatic carbocycles. The van der Waals surface area contributed by atoms with Crippen molar-refractivity contribution in [3.05, 3.63) is 0 Å². The summed E-state index contributed by atoms with van der Waals surface area (Å²) in [6.07, 6.45) is 41.5. The quantitative estimate of drug-likeness (QED) is 0.0859. The Morgan fingerprint density at radius 3 is 0.737 bits per heavy atom. The molecule has 0 atom stereocenters. The molecular weight excluding hydrogens is 464 g/mol. The lowest BCUT2D eigenvalue weighted by Gasteiger charge is -2.05. The normalized spacial score (nSPS) is 11.1. The Morgan fingerprint density at radius 2 is 0.500 bits per heavy atom. The first-order chi connectivity index (χ1) is 18.8. The Bertz CT molecular complexity index is 325. The van der Waals surface area contributed by atoms with Crippen molar-refractivity contribution >= 4 is 0 Å². The van der Waals surface area contributed by atoms with Crippen LogP contribution >= 0.6 is 0 Å². The molecule has 0 aromatic heterocycles. The third kappa shape index (κ3) is 43.0. The van der Waals surface area contributed by atoms with E-state index in [1.807, 2.05) is 0 Å². The predicted molar refractivity (Wildman–Crippen MR) is 173 cm³/mol. The van der Waals surface area contributed by atoms with Crippen LogP contribution in [0, 0.1) is 0 Å². The molecule has 0 aliphatic rings. The zero-order chi connectivity index (χ0) is 28.0. The molecule has 0 aliphatic heterocycles. The molecule has 0 aromatic rings. The smallest absolute Gasteiger partial charge is 0.0466 e. The highest BCUT2D eigenvalue weighted by Gasteiger charge is 1.95. The number of aliphatic hydroxyl groups is 1. The summed E-state index contributed by atoms with van der Waals surface area (Å²) in [6.45, 7) is 9.20. The Balaban J connectivity index is 0. The molecule has 0 spiro atoms. The number of unbranched alkanes of at least 4 members (excludes halogenated alkanes) is 27. The minimum atomic E-state index is 0.372. The summed E-state index contributed by atoms with van der Waals surface area (Å²) in [4.78, 5) is 0. The summed E-state index contributed by atoms with van der Waals surface area (Å²) in [5.41, 5.74) is 0. The van der Waals surface area contributed by atoms with Crippen molar-refractivity contribution in [1.82, 2.24) is 0 Å². The molecule has 0 amide bonds. The second-order valence-electron chi connectivity index (χ2n) is 11.9. The Morgan fingerprint density at radius 1 is 0.289 bits per heavy atom. The van der Waals surface area contributed by atoms with Crippen LogP contribution in [0.1, 0.15) is 213 Å². The van der Waals surface area contributed by atoms with Crippen LogP contribution in [0.4, 0.5) is 0 Å². The van der Waals surface area contributed by atoms with Crippen LogP contribution in [0.25, 0.3) is 0 Å². The van der Waals surface area contributed by atoms with E-state index < -0.39 is 0 Å². The lowest BCUT2D eigenvalue weighted by Crippen LogP contribution is -1.97. The fourth-order valence-corrected chi connectivity index (χ4v) is 5.08. The first-order valence-corrected chi connectivity index (χ1v) is 18.0. The van der Waals surface area contributed by atoms with E-state index in [1.165, 1.54) is 186 Å². The third-order valence-corrected chi connectivity index (χ3v) is 7.80. The van der Waals surface area contributed by atoms with Crippen molar-refractivity contribution < 1.29 is 9.84 Å². The van der Waals surface area contributed by atoms with Crippen molar-refractivity contribution in [2.24, 2.45) is 0 Å². The first-order valence-electron chi connectivity index (χ1n) is 18.0. The molecule has 0 rings (SSSR count). The van der Waals surface area contributed by atoms with Gasteiger partial charge in [-0.15, -0.1) is 0 Å². The highest BCUT2D eigenvalue weighted by molar-refractivity contribution is 4.50. The van der Waals surface area contributed by atoms with Gasteiger partial charge in [0, 0.05) is 19.8 Å². The Kier molecular flexibility index (Phi) is 43.6. The monoisotopic (exact) mass is 541 g/mol. The summed E-state index contributed by atoms with van der Waals surface area (Å²) >= 11 is 0. The van der Waals surface area contributed by atoms with Gasteiger partial charge in [0.1, 0.15) is 0 Å². The van der Waals surface area contributed by atoms with Gasteiger partial charge >= 0.3 is 0 Å². The predicted octanol–water partition coefficient (Wildman–Crippen LogP) is 12.7. The maximum atomic E-state index is 8.57. The number of aliphatic hydroxyl groups excluding tert-OH is 1. The van der Waals surface area contributed by atoms with Crippen LogP contribution in [0.15, 0.2) is 0 Å². The van der Waals surface area contributed by atoms with Gasteiger partial charge in [0.15, 0.2) is 0 Å². The van der Waals surface area contributed by atoms with E-state index in [0.29, 0.717) is 6.61 Å². The molecule has 0 radical (unpaired) electrons. The van der Waals surface area contributed by atoms with Gasteiger partial charge in [-0.2, -0.15) is 0 Å². The molecule has 0 saturated heterocycles. The molecular formula is C36H76O2. The molecule has 1 N–H and O–H groups in total. The number of hydrogen-bond acceptors (Lipinski definition) is 2. The zero-order valence-electron chi connectivity index (χ0n) is 27.2. The molecule has 38 heavy (non-hydrogen) atoms. The lowest BCUT2D eigenvalue weighted by molar-refractivity contribution is 0.125. The zero-order valence-corrected chi connectivity index (χ0v) is 27.2. The molecule has 0 fully saturated rings. The van der Waals surface area contributed by atoms with Crippen molar-refractivity contribution in [2.45, 2.75) is 213 Å². The van der Waals surface area contributed by atoms with Crippen LogP contribution in [0.5, 0.6) is 0 Å². The second kappa shape index (κ2) is 41.4. The standard InChI is InChI=1S/C24H50O.C12H26O/c1-3-5-7-9-11-13-15-17-19-21-23-25-24-22-20-18-16-14-12-10-8-6-4-2;1-2-3-4-5-6-7-8-9-10-11-12-13/h3-24H2,1-2H3;13H,2-12H2,1H3. The Labute approximate surface area is 242 Å². The van der Waals surface area contributed by atoms with Crippen LogP contribution in [0.2, 0.25) is 0 Å². The fraction of sp³-hybridized carbons (Fsp3) is 1.00. The largest absolute Gasteiger partial charge is 0.396 e. The SMILES string of the molecule is CCCCCCCCCCCCO.CCCCCCCCCCCCOCCCCCCCCCCCC. The number of hydrogen-bond donors (Lipinski definition) is 1. The molecule has 0 heterocycles. The minimum Gasteiger partial charge on any atom is -0.396 e. The number of ether oxygens (including phenoxy) is 1. The molecule has 232 valence electrons. The molecule has 0 unspecified atom stereocenters. The number of rotatable bonds is 32. The van der Waals surface area contributed by atoms with Crippen molar-refractivity contribution in [3.63, 3.8) is 0 Å². The van der Waals surface area contributed by atoms with Crippen LogP contribution in [-0.2, 0) is 4.74 Å². The summed E-state index contributed by atoms with van der Waals surface area (Å²) in [5.74, 6) is 0. The van der Waals surface area contributed by atoms with Gasteiger partial charge in [-0.25, -0.2) is 0 Å². The van der Waals surface area contributed by atoms with Crippen LogP contribution in [-0.4, -0.2) is 24.9 Å². The molecule has 2 heteroatoms. The van der Waals surface area contributed by atoms with Crippen molar-refractivity contribution in [1.29, 1.82) is 0 Å². The minimum absolute atomic E-state index is 0.372. The van der Waals surface area contributed by atoms with Gasteiger partial charge in [0.25, 0.3) is 0 Å². The van der Waals surface area contributed by atoms with E-state index >= 15 is 0 Å². The second-order valence-corrected chi connectivity index (χ2v) is 11.9. The summed E-state index contributed by atoms with van der Waals surface area (Å²) in [5, 5.41) is 8.57. The highest BCUT2D eigenvalue weighted by Crippen LogP contribution is 2.12. The van der Waals surface area contributed by atoms with Gasteiger partial charge in [-0.3, -0.25) is 0 Å². The van der Waals surface area contributed by atoms with E-state index in [9.17, 15) is 0 Å². The van der Waals surface area contributed by atoms with Gasteiger partial charge in [-0.1, -0.05) is 194 Å². The van der Waals surface area contributed by atoms with Crippen LogP contribution in [0.3, 0.4) is 0 Å². The maximum absolute atomic E-state index is 8.57.